The molecule has 0 aliphatic rings. The van der Waals surface area contributed by atoms with E-state index < -0.39 is 12.0 Å². The molecule has 0 saturated heterocycles. The third-order valence-corrected chi connectivity index (χ3v) is 2.40. The minimum absolute atomic E-state index is 0.142. The molecule has 0 aromatic rings. The van der Waals surface area contributed by atoms with Crippen LogP contribution >= 0.6 is 0 Å². The highest BCUT2D eigenvalue weighted by Crippen LogP contribution is 2.06. The molecule has 0 heterocycles. The van der Waals surface area contributed by atoms with Crippen molar-refractivity contribution >= 4 is 11.9 Å². The third kappa shape index (κ3) is 5.11. The summed E-state index contributed by atoms with van der Waals surface area (Å²) in [4.78, 5) is 23.8. The molecule has 1 amide bonds. The van der Waals surface area contributed by atoms with Crippen molar-refractivity contribution < 1.29 is 14.7 Å². The second-order valence-electron chi connectivity index (χ2n) is 4.20. The van der Waals surface area contributed by atoms with Crippen LogP contribution in [0.5, 0.6) is 0 Å². The van der Waals surface area contributed by atoms with Crippen LogP contribution in [0.2, 0.25) is 0 Å². The van der Waals surface area contributed by atoms with E-state index in [4.69, 9.17) is 10.8 Å². The highest BCUT2D eigenvalue weighted by Gasteiger charge is 2.24. The van der Waals surface area contributed by atoms with E-state index in [1.54, 1.807) is 13.8 Å². The van der Waals surface area contributed by atoms with Crippen molar-refractivity contribution in [3.63, 3.8) is 0 Å². The van der Waals surface area contributed by atoms with E-state index in [0.29, 0.717) is 6.42 Å². The summed E-state index contributed by atoms with van der Waals surface area (Å²) in [6, 6.07) is -0.724. The van der Waals surface area contributed by atoms with Gasteiger partial charge in [0.05, 0.1) is 6.04 Å². The number of rotatable bonds is 7. The molecule has 3 N–H and O–H groups in total. The molecule has 0 rings (SSSR count). The van der Waals surface area contributed by atoms with Gasteiger partial charge in [-0.3, -0.25) is 9.59 Å². The van der Waals surface area contributed by atoms with Crippen LogP contribution in [0.1, 0.15) is 40.0 Å². The largest absolute Gasteiger partial charge is 0.480 e. The quantitative estimate of drug-likeness (QED) is 0.678. The Kier molecular flexibility index (Phi) is 6.72. The number of amides is 1. The Bertz CT molecular complexity index is 241. The zero-order valence-electron chi connectivity index (χ0n) is 10.3. The van der Waals surface area contributed by atoms with Crippen LogP contribution in [0.3, 0.4) is 0 Å². The Hall–Kier alpha value is -1.10. The minimum Gasteiger partial charge on any atom is -0.480 e. The van der Waals surface area contributed by atoms with Crippen LogP contribution in [0.25, 0.3) is 0 Å². The van der Waals surface area contributed by atoms with Gasteiger partial charge in [-0.05, 0) is 20.3 Å². The van der Waals surface area contributed by atoms with Gasteiger partial charge in [0.1, 0.15) is 6.54 Å². The summed E-state index contributed by atoms with van der Waals surface area (Å²) in [5, 5.41) is 8.70. The number of unbranched alkanes of at least 4 members (excludes halogenated alkanes) is 1. The smallest absolute Gasteiger partial charge is 0.323 e. The van der Waals surface area contributed by atoms with Gasteiger partial charge in [0.2, 0.25) is 5.91 Å². The van der Waals surface area contributed by atoms with Gasteiger partial charge in [0.25, 0.3) is 0 Å². The minimum atomic E-state index is -1.01. The summed E-state index contributed by atoms with van der Waals surface area (Å²) in [7, 11) is 0. The van der Waals surface area contributed by atoms with E-state index in [0.717, 1.165) is 12.8 Å². The molecule has 5 heteroatoms. The Labute approximate surface area is 96.6 Å². The number of nitrogens with zero attached hydrogens (tertiary/aromatic N) is 1. The lowest BCUT2D eigenvalue weighted by Crippen LogP contribution is -2.48. The lowest BCUT2D eigenvalue weighted by molar-refractivity contribution is -0.146. The molecule has 94 valence electrons. The molecule has 1 atom stereocenters. The summed E-state index contributed by atoms with van der Waals surface area (Å²) >= 11 is 0. The van der Waals surface area contributed by atoms with Crippen molar-refractivity contribution in [2.75, 3.05) is 6.54 Å². The summed E-state index contributed by atoms with van der Waals surface area (Å²) in [5.74, 6) is -1.28. The lowest BCUT2D eigenvalue weighted by atomic mass is 10.1. The van der Waals surface area contributed by atoms with Crippen LogP contribution in [0, 0.1) is 0 Å². The first-order chi connectivity index (χ1) is 7.40. The maximum absolute atomic E-state index is 11.9. The zero-order valence-corrected chi connectivity index (χ0v) is 10.3. The summed E-state index contributed by atoms with van der Waals surface area (Å²) in [6.45, 7) is 5.31. The fourth-order valence-corrected chi connectivity index (χ4v) is 1.42. The highest BCUT2D eigenvalue weighted by molar-refractivity contribution is 5.85. The molecule has 1 unspecified atom stereocenters. The van der Waals surface area contributed by atoms with Crippen LogP contribution in [0.4, 0.5) is 0 Å². The molecule has 0 fully saturated rings. The summed E-state index contributed by atoms with van der Waals surface area (Å²) < 4.78 is 0. The van der Waals surface area contributed by atoms with Crippen molar-refractivity contribution in [1.29, 1.82) is 0 Å². The van der Waals surface area contributed by atoms with Crippen molar-refractivity contribution in [1.82, 2.24) is 4.90 Å². The second-order valence-corrected chi connectivity index (χ2v) is 4.20. The number of carboxylic acids is 1. The molecule has 0 aromatic carbocycles. The Morgan fingerprint density at radius 2 is 1.94 bits per heavy atom. The second kappa shape index (κ2) is 7.22. The van der Waals surface area contributed by atoms with E-state index in [1.807, 2.05) is 6.92 Å². The topological polar surface area (TPSA) is 83.6 Å². The molecule has 0 aliphatic heterocycles. The van der Waals surface area contributed by atoms with E-state index >= 15 is 0 Å². The lowest BCUT2D eigenvalue weighted by Gasteiger charge is -2.27. The molecule has 0 aromatic heterocycles. The third-order valence-electron chi connectivity index (χ3n) is 2.40. The van der Waals surface area contributed by atoms with Crippen molar-refractivity contribution in [3.05, 3.63) is 0 Å². The van der Waals surface area contributed by atoms with Crippen LogP contribution in [-0.4, -0.2) is 40.5 Å². The van der Waals surface area contributed by atoms with Crippen molar-refractivity contribution in [3.8, 4) is 0 Å². The molecule has 0 bridgehead atoms. The molecule has 0 radical (unpaired) electrons. The molecule has 16 heavy (non-hydrogen) atoms. The van der Waals surface area contributed by atoms with Crippen molar-refractivity contribution in [2.24, 2.45) is 5.73 Å². The Morgan fingerprint density at radius 3 is 2.31 bits per heavy atom. The highest BCUT2D eigenvalue weighted by atomic mass is 16.4. The molecular formula is C11H22N2O3. The Balaban J connectivity index is 4.42. The maximum atomic E-state index is 11.9. The van der Waals surface area contributed by atoms with Crippen LogP contribution < -0.4 is 5.73 Å². The summed E-state index contributed by atoms with van der Waals surface area (Å²) in [5.41, 5.74) is 5.73. The van der Waals surface area contributed by atoms with Gasteiger partial charge in [0, 0.05) is 6.04 Å². The number of nitrogens with two attached hydrogens (primary N) is 1. The van der Waals surface area contributed by atoms with Gasteiger partial charge in [-0.25, -0.2) is 0 Å². The van der Waals surface area contributed by atoms with Gasteiger partial charge >= 0.3 is 5.97 Å². The predicted octanol–water partition coefficient (Wildman–Crippen LogP) is 0.826. The molecule has 5 nitrogen and oxygen atoms in total. The number of carboxylic acid groups (broad SMARTS) is 1. The van der Waals surface area contributed by atoms with Crippen LogP contribution in [-0.2, 0) is 9.59 Å². The fraction of sp³-hybridized carbons (Fsp3) is 0.818. The first kappa shape index (κ1) is 14.9. The number of carbonyl (C=O) groups is 2. The SMILES string of the molecule is CCCCC(N)C(=O)N(CC(=O)O)C(C)C. The first-order valence-electron chi connectivity index (χ1n) is 5.68. The van der Waals surface area contributed by atoms with Crippen molar-refractivity contribution in [2.45, 2.75) is 52.1 Å². The normalized spacial score (nSPS) is 12.6. The predicted molar refractivity (Wildman–Crippen MR) is 62.0 cm³/mol. The fourth-order valence-electron chi connectivity index (χ4n) is 1.42. The zero-order chi connectivity index (χ0) is 12.7. The maximum Gasteiger partial charge on any atom is 0.323 e. The van der Waals surface area contributed by atoms with Gasteiger partial charge in [-0.15, -0.1) is 0 Å². The first-order valence-corrected chi connectivity index (χ1v) is 5.68. The number of aliphatic carboxylic acids is 1. The van der Waals surface area contributed by atoms with Gasteiger partial charge in [0.15, 0.2) is 0 Å². The van der Waals surface area contributed by atoms with Crippen LogP contribution in [0.15, 0.2) is 0 Å². The van der Waals surface area contributed by atoms with E-state index in [-0.39, 0.29) is 18.5 Å². The number of hydrogen-bond acceptors (Lipinski definition) is 3. The average molecular weight is 230 g/mol. The monoisotopic (exact) mass is 230 g/mol. The summed E-state index contributed by atoms with van der Waals surface area (Å²) in [6.07, 6.45) is 2.46. The van der Waals surface area contributed by atoms with E-state index in [2.05, 4.69) is 0 Å². The number of carbonyl (C=O) groups excluding carboxylic acids is 1. The van der Waals surface area contributed by atoms with Gasteiger partial charge in [-0.2, -0.15) is 0 Å². The van der Waals surface area contributed by atoms with Gasteiger partial charge < -0.3 is 15.7 Å². The van der Waals surface area contributed by atoms with Gasteiger partial charge in [-0.1, -0.05) is 19.8 Å². The number of hydrogen-bond donors (Lipinski definition) is 2. The standard InChI is InChI=1S/C11H22N2O3/c1-4-5-6-9(12)11(16)13(8(2)3)7-10(14)15/h8-9H,4-7,12H2,1-3H3,(H,14,15). The average Bonchev–Trinajstić information content (AvgIpc) is 2.20. The van der Waals surface area contributed by atoms with E-state index in [1.165, 1.54) is 4.90 Å². The molecule has 0 saturated carbocycles. The van der Waals surface area contributed by atoms with E-state index in [9.17, 15) is 9.59 Å². The molecule has 0 aliphatic carbocycles. The molecule has 0 spiro atoms. The molecular weight excluding hydrogens is 208 g/mol. The Morgan fingerprint density at radius 1 is 1.38 bits per heavy atom.